The molecule has 0 fully saturated rings. The van der Waals surface area contributed by atoms with Gasteiger partial charge in [0.25, 0.3) is 0 Å². The zero-order valence-corrected chi connectivity index (χ0v) is 12.0. The number of ether oxygens (including phenoxy) is 1. The molecule has 3 heteroatoms. The first-order valence-electron chi connectivity index (χ1n) is 6.89. The van der Waals surface area contributed by atoms with E-state index in [0.29, 0.717) is 11.6 Å². The van der Waals surface area contributed by atoms with Crippen LogP contribution in [-0.4, -0.2) is 6.61 Å². The molecule has 2 nitrogen and oxygen atoms in total. The summed E-state index contributed by atoms with van der Waals surface area (Å²) in [5.74, 6) is 0.839. The number of unbranched alkanes of at least 4 members (excludes halogenated alkanes) is 5. The highest BCUT2D eigenvalue weighted by Gasteiger charge is 2.01. The maximum absolute atomic E-state index is 6.07. The molecule has 0 atom stereocenters. The van der Waals surface area contributed by atoms with Crippen molar-refractivity contribution in [3.8, 4) is 5.75 Å². The van der Waals surface area contributed by atoms with Crippen LogP contribution in [0.2, 0.25) is 5.02 Å². The van der Waals surface area contributed by atoms with E-state index in [-0.39, 0.29) is 0 Å². The summed E-state index contributed by atoms with van der Waals surface area (Å²) in [5, 5.41) is 0.693. The maximum Gasteiger partial charge on any atom is 0.120 e. The number of halogens is 1. The minimum absolute atomic E-state index is 0.469. The Balaban J connectivity index is 2.17. The molecule has 0 saturated carbocycles. The van der Waals surface area contributed by atoms with E-state index in [9.17, 15) is 0 Å². The predicted octanol–water partition coefficient (Wildman–Crippen LogP) is 4.54. The van der Waals surface area contributed by atoms with Crippen molar-refractivity contribution in [1.29, 1.82) is 0 Å². The Morgan fingerprint density at radius 2 is 1.83 bits per heavy atom. The Labute approximate surface area is 115 Å². The monoisotopic (exact) mass is 269 g/mol. The van der Waals surface area contributed by atoms with Crippen LogP contribution in [-0.2, 0) is 6.54 Å². The molecular formula is C15H24ClNO. The molecule has 1 aromatic rings. The van der Waals surface area contributed by atoms with Gasteiger partial charge in [-0.2, -0.15) is 0 Å². The number of hydrogen-bond acceptors (Lipinski definition) is 2. The fraction of sp³-hybridized carbons (Fsp3) is 0.600. The van der Waals surface area contributed by atoms with Crippen molar-refractivity contribution >= 4 is 11.6 Å². The molecule has 0 bridgehead atoms. The van der Waals surface area contributed by atoms with Crippen molar-refractivity contribution in [1.82, 2.24) is 0 Å². The highest BCUT2D eigenvalue weighted by atomic mass is 35.5. The van der Waals surface area contributed by atoms with Crippen LogP contribution in [0.5, 0.6) is 5.75 Å². The van der Waals surface area contributed by atoms with Gasteiger partial charge in [0.05, 0.1) is 6.61 Å². The Kier molecular flexibility index (Phi) is 7.86. The van der Waals surface area contributed by atoms with Crippen LogP contribution in [0.3, 0.4) is 0 Å². The Hall–Kier alpha value is -0.730. The van der Waals surface area contributed by atoms with Crippen LogP contribution >= 0.6 is 11.6 Å². The lowest BCUT2D eigenvalue weighted by Crippen LogP contribution is -2.00. The third-order valence-corrected chi connectivity index (χ3v) is 3.36. The molecule has 2 N–H and O–H groups in total. The van der Waals surface area contributed by atoms with E-state index in [1.807, 2.05) is 18.2 Å². The van der Waals surface area contributed by atoms with Crippen LogP contribution in [0, 0.1) is 0 Å². The molecule has 0 aliphatic rings. The lowest BCUT2D eigenvalue weighted by Gasteiger charge is -2.08. The third kappa shape index (κ3) is 5.74. The molecule has 0 aromatic heterocycles. The quantitative estimate of drug-likeness (QED) is 0.668. The molecule has 1 aromatic carbocycles. The smallest absolute Gasteiger partial charge is 0.120 e. The average Bonchev–Trinajstić information content (AvgIpc) is 2.38. The molecule has 0 saturated heterocycles. The van der Waals surface area contributed by atoms with Gasteiger partial charge in [-0.05, 0) is 24.1 Å². The average molecular weight is 270 g/mol. The molecule has 0 aliphatic heterocycles. The van der Waals surface area contributed by atoms with Crippen molar-refractivity contribution in [2.45, 2.75) is 52.0 Å². The lowest BCUT2D eigenvalue weighted by atomic mass is 10.1. The zero-order valence-electron chi connectivity index (χ0n) is 11.3. The molecule has 0 unspecified atom stereocenters. The van der Waals surface area contributed by atoms with E-state index < -0.39 is 0 Å². The highest BCUT2D eigenvalue weighted by molar-refractivity contribution is 6.31. The van der Waals surface area contributed by atoms with Crippen molar-refractivity contribution in [2.75, 3.05) is 6.61 Å². The van der Waals surface area contributed by atoms with Crippen LogP contribution in [0.15, 0.2) is 18.2 Å². The molecule has 102 valence electrons. The minimum atomic E-state index is 0.469. The minimum Gasteiger partial charge on any atom is -0.494 e. The first-order chi connectivity index (χ1) is 8.77. The molecule has 18 heavy (non-hydrogen) atoms. The standard InChI is InChI=1S/C15H24ClNO/c1-2-3-4-5-6-7-10-18-14-9-8-13(12-17)15(16)11-14/h8-9,11H,2-7,10,12,17H2,1H3. The van der Waals surface area contributed by atoms with Crippen LogP contribution in [0.1, 0.15) is 51.0 Å². The summed E-state index contributed by atoms with van der Waals surface area (Å²) < 4.78 is 5.67. The molecular weight excluding hydrogens is 246 g/mol. The topological polar surface area (TPSA) is 35.2 Å². The van der Waals surface area contributed by atoms with Gasteiger partial charge in [0, 0.05) is 11.6 Å². The number of benzene rings is 1. The van der Waals surface area contributed by atoms with Gasteiger partial charge in [0.1, 0.15) is 5.75 Å². The summed E-state index contributed by atoms with van der Waals surface area (Å²) in [7, 11) is 0. The summed E-state index contributed by atoms with van der Waals surface area (Å²) in [6.07, 6.45) is 7.64. The van der Waals surface area contributed by atoms with Gasteiger partial charge in [-0.3, -0.25) is 0 Å². The van der Waals surface area contributed by atoms with Crippen molar-refractivity contribution in [2.24, 2.45) is 5.73 Å². The molecule has 0 radical (unpaired) electrons. The lowest BCUT2D eigenvalue weighted by molar-refractivity contribution is 0.304. The SMILES string of the molecule is CCCCCCCCOc1ccc(CN)c(Cl)c1. The zero-order chi connectivity index (χ0) is 13.2. The van der Waals surface area contributed by atoms with Crippen LogP contribution in [0.4, 0.5) is 0 Å². The third-order valence-electron chi connectivity index (χ3n) is 3.01. The molecule has 0 aliphatic carbocycles. The summed E-state index contributed by atoms with van der Waals surface area (Å²) in [6, 6.07) is 5.71. The fourth-order valence-corrected chi connectivity index (χ4v) is 2.10. The largest absolute Gasteiger partial charge is 0.494 e. The summed E-state index contributed by atoms with van der Waals surface area (Å²) >= 11 is 6.07. The summed E-state index contributed by atoms with van der Waals surface area (Å²) in [6.45, 7) is 3.47. The molecule has 0 spiro atoms. The van der Waals surface area contributed by atoms with E-state index in [1.165, 1.54) is 32.1 Å². The van der Waals surface area contributed by atoms with Gasteiger partial charge in [-0.25, -0.2) is 0 Å². The Morgan fingerprint density at radius 1 is 1.11 bits per heavy atom. The van der Waals surface area contributed by atoms with Gasteiger partial charge in [0.2, 0.25) is 0 Å². The predicted molar refractivity (Wildman–Crippen MR) is 78.2 cm³/mol. The first kappa shape index (κ1) is 15.3. The van der Waals surface area contributed by atoms with E-state index >= 15 is 0 Å². The van der Waals surface area contributed by atoms with E-state index in [2.05, 4.69) is 6.92 Å². The second-order valence-corrected chi connectivity index (χ2v) is 4.98. The normalized spacial score (nSPS) is 10.6. The molecule has 0 heterocycles. The number of nitrogens with two attached hydrogens (primary N) is 1. The van der Waals surface area contributed by atoms with Crippen molar-refractivity contribution < 1.29 is 4.74 Å². The maximum atomic E-state index is 6.07. The van der Waals surface area contributed by atoms with E-state index in [0.717, 1.165) is 24.3 Å². The summed E-state index contributed by atoms with van der Waals surface area (Å²) in [5.41, 5.74) is 6.52. The van der Waals surface area contributed by atoms with Crippen LogP contribution in [0.25, 0.3) is 0 Å². The fourth-order valence-electron chi connectivity index (χ4n) is 1.86. The van der Waals surface area contributed by atoms with Crippen molar-refractivity contribution in [3.05, 3.63) is 28.8 Å². The van der Waals surface area contributed by atoms with E-state index in [1.54, 1.807) is 0 Å². The van der Waals surface area contributed by atoms with Crippen LogP contribution < -0.4 is 10.5 Å². The first-order valence-corrected chi connectivity index (χ1v) is 7.27. The van der Waals surface area contributed by atoms with E-state index in [4.69, 9.17) is 22.1 Å². The van der Waals surface area contributed by atoms with Gasteiger partial charge in [-0.15, -0.1) is 0 Å². The summed E-state index contributed by atoms with van der Waals surface area (Å²) in [4.78, 5) is 0. The number of rotatable bonds is 9. The molecule has 0 amide bonds. The van der Waals surface area contributed by atoms with Crippen molar-refractivity contribution in [3.63, 3.8) is 0 Å². The van der Waals surface area contributed by atoms with Gasteiger partial charge < -0.3 is 10.5 Å². The second kappa shape index (κ2) is 9.23. The Morgan fingerprint density at radius 3 is 2.50 bits per heavy atom. The number of hydrogen-bond donors (Lipinski definition) is 1. The van der Waals surface area contributed by atoms with Gasteiger partial charge in [-0.1, -0.05) is 56.7 Å². The molecule has 1 rings (SSSR count). The van der Waals surface area contributed by atoms with Gasteiger partial charge in [0.15, 0.2) is 0 Å². The van der Waals surface area contributed by atoms with Gasteiger partial charge >= 0.3 is 0 Å². The second-order valence-electron chi connectivity index (χ2n) is 4.57. The highest BCUT2D eigenvalue weighted by Crippen LogP contribution is 2.22. The Bertz CT molecular complexity index is 341.